The van der Waals surface area contributed by atoms with Crippen molar-refractivity contribution < 1.29 is 4.74 Å². The van der Waals surface area contributed by atoms with E-state index in [0.29, 0.717) is 5.92 Å². The number of hydrogen-bond donors (Lipinski definition) is 0. The molecule has 21 heavy (non-hydrogen) atoms. The monoisotopic (exact) mass is 309 g/mol. The summed E-state index contributed by atoms with van der Waals surface area (Å²) in [6.45, 7) is 8.03. The summed E-state index contributed by atoms with van der Waals surface area (Å²) < 4.78 is 6.51. The molecule has 1 aliphatic heterocycles. The molecule has 3 rings (SSSR count). The summed E-state index contributed by atoms with van der Waals surface area (Å²) >= 11 is 0. The van der Waals surface area contributed by atoms with E-state index in [0.717, 1.165) is 25.3 Å². The minimum absolute atomic E-state index is 0. The van der Waals surface area contributed by atoms with Gasteiger partial charge in [0.1, 0.15) is 11.4 Å². The molecular formula is C18H28ClNO. The van der Waals surface area contributed by atoms with Gasteiger partial charge in [0, 0.05) is 18.9 Å². The maximum absolute atomic E-state index is 6.51. The van der Waals surface area contributed by atoms with Gasteiger partial charge in [0.15, 0.2) is 0 Å². The van der Waals surface area contributed by atoms with Gasteiger partial charge >= 0.3 is 0 Å². The number of benzene rings is 1. The van der Waals surface area contributed by atoms with Crippen LogP contribution in [0.1, 0.15) is 45.1 Å². The summed E-state index contributed by atoms with van der Waals surface area (Å²) in [6, 6.07) is 8.63. The normalized spacial score (nSPS) is 27.3. The third-order valence-electron chi connectivity index (χ3n) is 5.30. The van der Waals surface area contributed by atoms with Crippen LogP contribution in [0.15, 0.2) is 24.3 Å². The van der Waals surface area contributed by atoms with Crippen LogP contribution in [0.4, 0.5) is 0 Å². The first-order valence-electron chi connectivity index (χ1n) is 8.26. The molecular weight excluding hydrogens is 282 g/mol. The molecule has 0 unspecified atom stereocenters. The number of fused-ring (bicyclic) bond motifs is 1. The lowest BCUT2D eigenvalue weighted by atomic mass is 9.73. The molecule has 1 aliphatic carbocycles. The average molecular weight is 310 g/mol. The van der Waals surface area contributed by atoms with Gasteiger partial charge in [-0.15, -0.1) is 12.4 Å². The molecule has 1 heterocycles. The fraction of sp³-hybridized carbons (Fsp3) is 0.667. The first-order valence-corrected chi connectivity index (χ1v) is 8.26. The van der Waals surface area contributed by atoms with E-state index < -0.39 is 0 Å². The van der Waals surface area contributed by atoms with Crippen molar-refractivity contribution in [3.05, 3.63) is 29.8 Å². The number of nitrogens with zero attached hydrogens (tertiary/aromatic N) is 1. The Hall–Kier alpha value is -0.730. The largest absolute Gasteiger partial charge is 0.486 e. The molecule has 1 aromatic rings. The van der Waals surface area contributed by atoms with Gasteiger partial charge in [-0.25, -0.2) is 0 Å². The van der Waals surface area contributed by atoms with Crippen LogP contribution in [0.2, 0.25) is 0 Å². The Bertz CT molecular complexity index is 433. The Kier molecular flexibility index (Phi) is 5.56. The van der Waals surface area contributed by atoms with Crippen molar-refractivity contribution >= 4 is 12.4 Å². The van der Waals surface area contributed by atoms with E-state index in [4.69, 9.17) is 4.74 Å². The van der Waals surface area contributed by atoms with Crippen LogP contribution in [0.3, 0.4) is 0 Å². The van der Waals surface area contributed by atoms with Gasteiger partial charge in [0.05, 0.1) is 0 Å². The summed E-state index contributed by atoms with van der Waals surface area (Å²) in [4.78, 5) is 2.56. The highest BCUT2D eigenvalue weighted by Gasteiger charge is 2.47. The number of rotatable bonds is 4. The van der Waals surface area contributed by atoms with E-state index >= 15 is 0 Å². The highest BCUT2D eigenvalue weighted by Crippen LogP contribution is 2.46. The summed E-state index contributed by atoms with van der Waals surface area (Å²) in [6.07, 6.45) is 6.36. The molecule has 1 spiro atoms. The smallest absolute Gasteiger partial charge is 0.123 e. The predicted molar refractivity (Wildman–Crippen MR) is 90.5 cm³/mol. The fourth-order valence-corrected chi connectivity index (χ4v) is 4.03. The molecule has 1 fully saturated rings. The molecule has 3 heteroatoms. The molecule has 0 bridgehead atoms. The summed E-state index contributed by atoms with van der Waals surface area (Å²) in [5.41, 5.74) is 1.50. The van der Waals surface area contributed by atoms with E-state index in [2.05, 4.69) is 43.0 Å². The Balaban J connectivity index is 0.00000161. The van der Waals surface area contributed by atoms with E-state index in [1.165, 1.54) is 37.8 Å². The van der Waals surface area contributed by atoms with Gasteiger partial charge in [0.25, 0.3) is 0 Å². The van der Waals surface area contributed by atoms with Crippen LogP contribution in [0.25, 0.3) is 0 Å². The molecule has 0 amide bonds. The summed E-state index contributed by atoms with van der Waals surface area (Å²) in [7, 11) is 0. The Morgan fingerprint density at radius 2 is 1.95 bits per heavy atom. The fourth-order valence-electron chi connectivity index (χ4n) is 4.03. The van der Waals surface area contributed by atoms with Crippen LogP contribution >= 0.6 is 12.4 Å². The topological polar surface area (TPSA) is 12.5 Å². The van der Waals surface area contributed by atoms with Crippen LogP contribution in [0.5, 0.6) is 5.75 Å². The van der Waals surface area contributed by atoms with Gasteiger partial charge in [0.2, 0.25) is 0 Å². The first-order chi connectivity index (χ1) is 9.77. The van der Waals surface area contributed by atoms with Crippen molar-refractivity contribution in [3.63, 3.8) is 0 Å². The molecule has 0 aromatic heterocycles. The standard InChI is InChI=1S/C18H27NO.ClH/c1-3-19(4-2)14-16-10-7-8-12-18(16)13-15-9-5-6-11-17(15)20-18;/h5-6,9,11,16H,3-4,7-8,10,12-14H2,1-2H3;1H/t16-,18+;/m1./s1. The molecule has 0 saturated heterocycles. The zero-order valence-electron chi connectivity index (χ0n) is 13.3. The van der Waals surface area contributed by atoms with Crippen molar-refractivity contribution in [1.82, 2.24) is 4.90 Å². The van der Waals surface area contributed by atoms with E-state index in [1.54, 1.807) is 0 Å². The van der Waals surface area contributed by atoms with E-state index in [9.17, 15) is 0 Å². The average Bonchev–Trinajstić information content (AvgIpc) is 2.85. The van der Waals surface area contributed by atoms with Crippen molar-refractivity contribution in [1.29, 1.82) is 0 Å². The van der Waals surface area contributed by atoms with Crippen LogP contribution in [0, 0.1) is 5.92 Å². The molecule has 118 valence electrons. The lowest BCUT2D eigenvalue weighted by Crippen LogP contribution is -2.49. The van der Waals surface area contributed by atoms with Crippen LogP contribution < -0.4 is 4.74 Å². The lowest BCUT2D eigenvalue weighted by Gasteiger charge is -2.42. The molecule has 1 aromatic carbocycles. The van der Waals surface area contributed by atoms with Crippen molar-refractivity contribution in [2.45, 2.75) is 51.6 Å². The highest BCUT2D eigenvalue weighted by atomic mass is 35.5. The van der Waals surface area contributed by atoms with Crippen molar-refractivity contribution in [3.8, 4) is 5.75 Å². The maximum Gasteiger partial charge on any atom is 0.123 e. The Morgan fingerprint density at radius 3 is 2.67 bits per heavy atom. The third-order valence-corrected chi connectivity index (χ3v) is 5.30. The molecule has 1 saturated carbocycles. The van der Waals surface area contributed by atoms with Gasteiger partial charge < -0.3 is 9.64 Å². The second-order valence-corrected chi connectivity index (χ2v) is 6.38. The molecule has 2 atom stereocenters. The van der Waals surface area contributed by atoms with Gasteiger partial charge in [-0.05, 0) is 44.0 Å². The van der Waals surface area contributed by atoms with Gasteiger partial charge in [-0.2, -0.15) is 0 Å². The molecule has 2 nitrogen and oxygen atoms in total. The molecule has 0 N–H and O–H groups in total. The minimum Gasteiger partial charge on any atom is -0.486 e. The number of ether oxygens (including phenoxy) is 1. The zero-order valence-corrected chi connectivity index (χ0v) is 14.1. The quantitative estimate of drug-likeness (QED) is 0.821. The predicted octanol–water partition coefficient (Wildman–Crippen LogP) is 4.31. The van der Waals surface area contributed by atoms with Gasteiger partial charge in [-0.1, -0.05) is 38.5 Å². The Morgan fingerprint density at radius 1 is 1.19 bits per heavy atom. The van der Waals surface area contributed by atoms with Crippen LogP contribution in [-0.2, 0) is 6.42 Å². The first kappa shape index (κ1) is 16.6. The van der Waals surface area contributed by atoms with Gasteiger partial charge in [-0.3, -0.25) is 0 Å². The second kappa shape index (κ2) is 7.02. The number of para-hydroxylation sites is 1. The SMILES string of the molecule is CCN(CC)C[C@H]1CCCC[C@]12Cc1ccccc1O2.Cl. The van der Waals surface area contributed by atoms with Crippen molar-refractivity contribution in [2.24, 2.45) is 5.92 Å². The lowest BCUT2D eigenvalue weighted by molar-refractivity contribution is -0.0192. The minimum atomic E-state index is 0. The maximum atomic E-state index is 6.51. The molecule has 2 aliphatic rings. The highest BCUT2D eigenvalue weighted by molar-refractivity contribution is 5.85. The number of hydrogen-bond acceptors (Lipinski definition) is 2. The Labute approximate surface area is 135 Å². The van der Waals surface area contributed by atoms with E-state index in [1.807, 2.05) is 0 Å². The third kappa shape index (κ3) is 3.22. The zero-order chi connectivity index (χ0) is 14.0. The van der Waals surface area contributed by atoms with Crippen molar-refractivity contribution in [2.75, 3.05) is 19.6 Å². The van der Waals surface area contributed by atoms with E-state index in [-0.39, 0.29) is 18.0 Å². The second-order valence-electron chi connectivity index (χ2n) is 6.38. The summed E-state index contributed by atoms with van der Waals surface area (Å²) in [5, 5.41) is 0. The number of halogens is 1. The summed E-state index contributed by atoms with van der Waals surface area (Å²) in [5.74, 6) is 1.82. The molecule has 0 radical (unpaired) electrons. The van der Waals surface area contributed by atoms with Crippen LogP contribution in [-0.4, -0.2) is 30.1 Å².